The molecule has 0 unspecified atom stereocenters. The van der Waals surface area contributed by atoms with Gasteiger partial charge < -0.3 is 38.6 Å². The van der Waals surface area contributed by atoms with E-state index in [1.165, 1.54) is 0 Å². The number of rotatable bonds is 9. The van der Waals surface area contributed by atoms with Crippen molar-refractivity contribution in [1.82, 2.24) is 4.90 Å². The van der Waals surface area contributed by atoms with Gasteiger partial charge >= 0.3 is 5.97 Å². The lowest BCUT2D eigenvalue weighted by Gasteiger charge is -2.40. The van der Waals surface area contributed by atoms with Crippen molar-refractivity contribution in [2.24, 2.45) is 11.8 Å². The molecular formula is C35H38N2O8. The fourth-order valence-corrected chi connectivity index (χ4v) is 7.35. The maximum atomic E-state index is 13.5. The van der Waals surface area contributed by atoms with Gasteiger partial charge in [0.05, 0.1) is 39.9 Å². The number of hydrogen-bond acceptors (Lipinski definition) is 9. The summed E-state index contributed by atoms with van der Waals surface area (Å²) in [5, 5.41) is 3.72. The first-order valence-electron chi connectivity index (χ1n) is 15.5. The van der Waals surface area contributed by atoms with E-state index >= 15 is 0 Å². The quantitative estimate of drug-likeness (QED) is 0.330. The highest BCUT2D eigenvalue weighted by molar-refractivity contribution is 5.79. The van der Waals surface area contributed by atoms with Crippen molar-refractivity contribution in [2.45, 2.75) is 37.6 Å². The van der Waals surface area contributed by atoms with Crippen LogP contribution in [0, 0.1) is 11.8 Å². The predicted molar refractivity (Wildman–Crippen MR) is 165 cm³/mol. The number of cyclic esters (lactones) is 1. The molecule has 0 bridgehead atoms. The Morgan fingerprint density at radius 1 is 0.889 bits per heavy atom. The van der Waals surface area contributed by atoms with Gasteiger partial charge in [0.25, 0.3) is 0 Å². The van der Waals surface area contributed by atoms with E-state index in [1.54, 1.807) is 21.3 Å². The highest BCUT2D eigenvalue weighted by Crippen LogP contribution is 2.56. The molecule has 0 spiro atoms. The Bertz CT molecular complexity index is 1570. The first-order chi connectivity index (χ1) is 22.0. The molecule has 3 aromatic rings. The number of ether oxygens (including phenoxy) is 6. The highest BCUT2D eigenvalue weighted by Gasteiger charge is 2.52. The smallest absolute Gasteiger partial charge is 0.310 e. The van der Waals surface area contributed by atoms with Gasteiger partial charge in [-0.2, -0.15) is 0 Å². The van der Waals surface area contributed by atoms with Crippen LogP contribution in [0.2, 0.25) is 0 Å². The zero-order chi connectivity index (χ0) is 31.1. The lowest BCUT2D eigenvalue weighted by atomic mass is 9.65. The first kappa shape index (κ1) is 29.1. The maximum absolute atomic E-state index is 13.5. The Hall–Kier alpha value is -4.60. The van der Waals surface area contributed by atoms with E-state index in [2.05, 4.69) is 17.4 Å². The van der Waals surface area contributed by atoms with E-state index in [-0.39, 0.29) is 43.2 Å². The van der Waals surface area contributed by atoms with Gasteiger partial charge in [-0.3, -0.25) is 9.59 Å². The van der Waals surface area contributed by atoms with Crippen molar-refractivity contribution in [3.05, 3.63) is 70.8 Å². The zero-order valence-electron chi connectivity index (χ0n) is 25.8. The molecule has 2 fully saturated rings. The van der Waals surface area contributed by atoms with Crippen LogP contribution in [0.5, 0.6) is 28.7 Å². The fraction of sp³-hybridized carbons (Fsp3) is 0.429. The Morgan fingerprint density at radius 2 is 1.56 bits per heavy atom. The molecule has 2 saturated heterocycles. The number of fused-ring (bicyclic) bond motifs is 3. The summed E-state index contributed by atoms with van der Waals surface area (Å²) in [6.45, 7) is 2.17. The molecule has 0 saturated carbocycles. The summed E-state index contributed by atoms with van der Waals surface area (Å²) in [5.74, 6) is 1.84. The normalized spacial score (nSPS) is 22.8. The van der Waals surface area contributed by atoms with Gasteiger partial charge in [-0.25, -0.2) is 0 Å². The topological polar surface area (TPSA) is 105 Å². The molecule has 7 rings (SSSR count). The minimum absolute atomic E-state index is 0.141. The number of likely N-dealkylation sites (tertiary alicyclic amines) is 1. The van der Waals surface area contributed by atoms with Crippen LogP contribution in [0.1, 0.15) is 53.5 Å². The largest absolute Gasteiger partial charge is 0.493 e. The molecule has 1 N–H and O–H groups in total. The van der Waals surface area contributed by atoms with Crippen molar-refractivity contribution in [2.75, 3.05) is 53.1 Å². The van der Waals surface area contributed by atoms with Crippen LogP contribution in [0.3, 0.4) is 0 Å². The van der Waals surface area contributed by atoms with E-state index in [9.17, 15) is 9.59 Å². The predicted octanol–water partition coefficient (Wildman–Crippen LogP) is 5.08. The summed E-state index contributed by atoms with van der Waals surface area (Å²) in [5.41, 5.74) is 4.84. The first-order valence-corrected chi connectivity index (χ1v) is 15.5. The van der Waals surface area contributed by atoms with Crippen LogP contribution in [-0.2, 0) is 20.7 Å². The third-order valence-electron chi connectivity index (χ3n) is 9.60. The van der Waals surface area contributed by atoms with Gasteiger partial charge in [-0.1, -0.05) is 12.1 Å². The third kappa shape index (κ3) is 5.26. The number of benzene rings is 3. The lowest BCUT2D eigenvalue weighted by molar-refractivity contribution is -0.141. The number of nitrogens with one attached hydrogen (secondary N) is 1. The molecule has 1 aliphatic carbocycles. The van der Waals surface area contributed by atoms with Gasteiger partial charge in [0.15, 0.2) is 23.0 Å². The molecule has 3 heterocycles. The van der Waals surface area contributed by atoms with Gasteiger partial charge in [-0.05, 0) is 77.9 Å². The number of hydrogen-bond donors (Lipinski definition) is 1. The minimum Gasteiger partial charge on any atom is -0.493 e. The summed E-state index contributed by atoms with van der Waals surface area (Å²) in [7, 11) is 4.73. The molecule has 0 radical (unpaired) electrons. The Kier molecular flexibility index (Phi) is 7.81. The van der Waals surface area contributed by atoms with E-state index < -0.39 is 5.92 Å². The number of amides is 1. The lowest BCUT2D eigenvalue weighted by Crippen LogP contribution is -2.37. The summed E-state index contributed by atoms with van der Waals surface area (Å²) < 4.78 is 34.3. The molecule has 0 aromatic heterocycles. The maximum Gasteiger partial charge on any atom is 0.310 e. The molecule has 1 amide bonds. The van der Waals surface area contributed by atoms with Crippen LogP contribution in [0.4, 0.5) is 5.69 Å². The summed E-state index contributed by atoms with van der Waals surface area (Å²) in [6, 6.07) is 15.8. The number of methoxy groups -OCH3 is 3. The van der Waals surface area contributed by atoms with Crippen molar-refractivity contribution in [3.63, 3.8) is 0 Å². The molecule has 3 aromatic carbocycles. The Morgan fingerprint density at radius 3 is 2.20 bits per heavy atom. The van der Waals surface area contributed by atoms with E-state index in [1.807, 2.05) is 41.3 Å². The van der Waals surface area contributed by atoms with Crippen molar-refractivity contribution in [1.29, 1.82) is 0 Å². The van der Waals surface area contributed by atoms with Crippen molar-refractivity contribution < 1.29 is 38.0 Å². The SMILES string of the molecule is COc1cc([C@@H]2c3cc4c(cc3[C@@H](Nc3ccc(CCC(=O)N5CCCC5)cc3)[C@H]3COC(=O)[C@H]23)OCO4)cc(OC)c1OC. The highest BCUT2D eigenvalue weighted by atomic mass is 16.7. The standard InChI is InChI=1S/C35H38N2O8/c1-40-28-14-21(15-29(41-2)34(28)42-3)31-23-16-26-27(45-19-44-26)17-24(23)33(25-18-43-35(39)32(25)31)36-22-9-6-20(7-10-22)8-11-30(38)37-12-4-5-13-37/h6-7,9-10,14-17,25,31-33,36H,4-5,8,11-13,18-19H2,1-3H3/t25-,31+,32-,33+/m0/s1. The monoisotopic (exact) mass is 614 g/mol. The molecule has 10 heteroatoms. The van der Waals surface area contributed by atoms with Gasteiger partial charge in [-0.15, -0.1) is 0 Å². The van der Waals surface area contributed by atoms with Crippen molar-refractivity contribution >= 4 is 17.6 Å². The average Bonchev–Trinajstić information content (AvgIpc) is 3.85. The Balaban J connectivity index is 1.23. The number of carbonyl (C=O) groups is 2. The summed E-state index contributed by atoms with van der Waals surface area (Å²) in [4.78, 5) is 28.0. The van der Waals surface area contributed by atoms with Crippen LogP contribution < -0.4 is 29.0 Å². The van der Waals surface area contributed by atoms with Crippen LogP contribution in [0.25, 0.3) is 0 Å². The van der Waals surface area contributed by atoms with Gasteiger partial charge in [0.1, 0.15) is 0 Å². The Labute approximate surface area is 262 Å². The van der Waals surface area contributed by atoms with Gasteiger partial charge in [0.2, 0.25) is 18.4 Å². The second kappa shape index (κ2) is 12.1. The summed E-state index contributed by atoms with van der Waals surface area (Å²) >= 11 is 0. The van der Waals surface area contributed by atoms with Crippen LogP contribution in [-0.4, -0.2) is 64.6 Å². The molecule has 4 atom stereocenters. The van der Waals surface area contributed by atoms with Crippen LogP contribution in [0.15, 0.2) is 48.5 Å². The van der Waals surface area contributed by atoms with Crippen LogP contribution >= 0.6 is 0 Å². The average molecular weight is 615 g/mol. The second-order valence-electron chi connectivity index (χ2n) is 12.0. The van der Waals surface area contributed by atoms with Crippen molar-refractivity contribution in [3.8, 4) is 28.7 Å². The van der Waals surface area contributed by atoms with E-state index in [4.69, 9.17) is 28.4 Å². The number of carbonyl (C=O) groups excluding carboxylic acids is 2. The molecule has 45 heavy (non-hydrogen) atoms. The molecule has 236 valence electrons. The molecule has 4 aliphatic rings. The zero-order valence-corrected chi connectivity index (χ0v) is 25.8. The second-order valence-corrected chi connectivity index (χ2v) is 12.0. The third-order valence-corrected chi connectivity index (χ3v) is 9.60. The van der Waals surface area contributed by atoms with E-state index in [0.717, 1.165) is 53.9 Å². The fourth-order valence-electron chi connectivity index (χ4n) is 7.35. The molecule has 3 aliphatic heterocycles. The van der Waals surface area contributed by atoms with Gasteiger partial charge in [0, 0.05) is 37.0 Å². The molecular weight excluding hydrogens is 576 g/mol. The van der Waals surface area contributed by atoms with E-state index in [0.29, 0.717) is 41.6 Å². The molecule has 10 nitrogen and oxygen atoms in total. The number of nitrogens with zero attached hydrogens (tertiary/aromatic N) is 1. The number of aryl methyl sites for hydroxylation is 1. The number of esters is 1. The summed E-state index contributed by atoms with van der Waals surface area (Å²) in [6.07, 6.45) is 3.41. The number of anilines is 1. The minimum atomic E-state index is -0.464.